The van der Waals surface area contributed by atoms with Crippen molar-refractivity contribution in [3.63, 3.8) is 0 Å². The van der Waals surface area contributed by atoms with Gasteiger partial charge in [0.25, 0.3) is 0 Å². The number of rotatable bonds is 8. The maximum atomic E-state index is 11.7. The highest BCUT2D eigenvalue weighted by Gasteiger charge is 2.17. The van der Waals surface area contributed by atoms with Gasteiger partial charge in [-0.05, 0) is 24.3 Å². The molecule has 1 aromatic carbocycles. The summed E-state index contributed by atoms with van der Waals surface area (Å²) in [6.45, 7) is 3.76. The zero-order valence-corrected chi connectivity index (χ0v) is 11.7. The number of ketones is 1. The Balaban J connectivity index is 2.27. The largest absolute Gasteiger partial charge is 0.393 e. The highest BCUT2D eigenvalue weighted by Crippen LogP contribution is 2.11. The minimum atomic E-state index is -0.618. The highest BCUT2D eigenvalue weighted by atomic mass is 16.3. The molecule has 0 heterocycles. The molecule has 106 valence electrons. The second-order valence-corrected chi connectivity index (χ2v) is 5.44. The van der Waals surface area contributed by atoms with Crippen molar-refractivity contribution in [2.45, 2.75) is 51.7 Å². The molecule has 0 bridgehead atoms. The van der Waals surface area contributed by atoms with Crippen molar-refractivity contribution in [1.82, 2.24) is 0 Å². The summed E-state index contributed by atoms with van der Waals surface area (Å²) in [6.07, 6.45) is 0.396. The molecular weight excluding hydrogens is 240 g/mol. The van der Waals surface area contributed by atoms with Crippen molar-refractivity contribution in [3.05, 3.63) is 35.9 Å². The Hall–Kier alpha value is -1.19. The third kappa shape index (κ3) is 6.50. The predicted octanol–water partition coefficient (Wildman–Crippen LogP) is 2.35. The van der Waals surface area contributed by atoms with Gasteiger partial charge in [-0.3, -0.25) is 4.79 Å². The fourth-order valence-corrected chi connectivity index (χ4v) is 1.90. The van der Waals surface area contributed by atoms with E-state index in [4.69, 9.17) is 0 Å². The van der Waals surface area contributed by atoms with Gasteiger partial charge in [-0.1, -0.05) is 44.2 Å². The Morgan fingerprint density at radius 2 is 1.74 bits per heavy atom. The highest BCUT2D eigenvalue weighted by molar-refractivity contribution is 5.79. The summed E-state index contributed by atoms with van der Waals surface area (Å²) in [6, 6.07) is 9.91. The van der Waals surface area contributed by atoms with E-state index in [2.05, 4.69) is 0 Å². The molecular formula is C16H24O3. The van der Waals surface area contributed by atoms with Crippen LogP contribution in [0.1, 0.15) is 38.7 Å². The molecule has 3 heteroatoms. The van der Waals surface area contributed by atoms with Crippen LogP contribution in [0, 0.1) is 5.92 Å². The lowest BCUT2D eigenvalue weighted by Crippen LogP contribution is -2.22. The number of aryl methyl sites for hydroxylation is 1. The molecule has 0 aliphatic heterocycles. The van der Waals surface area contributed by atoms with Gasteiger partial charge in [0.2, 0.25) is 0 Å². The Morgan fingerprint density at radius 1 is 1.11 bits per heavy atom. The fourth-order valence-electron chi connectivity index (χ4n) is 1.90. The van der Waals surface area contributed by atoms with E-state index in [-0.39, 0.29) is 24.5 Å². The Kier molecular flexibility index (Phi) is 6.74. The molecule has 3 nitrogen and oxygen atoms in total. The lowest BCUT2D eigenvalue weighted by molar-refractivity contribution is -0.123. The first-order chi connectivity index (χ1) is 8.99. The molecule has 0 aliphatic carbocycles. The van der Waals surface area contributed by atoms with Crippen LogP contribution in [-0.4, -0.2) is 28.2 Å². The summed E-state index contributed by atoms with van der Waals surface area (Å²) in [5.41, 5.74) is 1.16. The molecule has 1 rings (SSSR count). The van der Waals surface area contributed by atoms with Crippen LogP contribution in [0.4, 0.5) is 0 Å². The van der Waals surface area contributed by atoms with Crippen LogP contribution in [0.2, 0.25) is 0 Å². The fraction of sp³-hybridized carbons (Fsp3) is 0.562. The van der Waals surface area contributed by atoms with E-state index < -0.39 is 12.2 Å². The number of carbonyl (C=O) groups excluding carboxylic acids is 1. The lowest BCUT2D eigenvalue weighted by atomic mass is 9.97. The standard InChI is InChI=1S/C16H24O3/c1-12(2)16(19)11-15(18)10-14(17)9-8-13-6-4-3-5-7-13/h3-7,12,14,16-17,19H,8-11H2,1-2H3/t14-,16+/m1/s1. The topological polar surface area (TPSA) is 57.5 Å². The van der Waals surface area contributed by atoms with Crippen LogP contribution >= 0.6 is 0 Å². The normalized spacial score (nSPS) is 14.4. The van der Waals surface area contributed by atoms with Gasteiger partial charge in [0, 0.05) is 12.8 Å². The number of hydrogen-bond donors (Lipinski definition) is 2. The van der Waals surface area contributed by atoms with Crippen LogP contribution in [0.25, 0.3) is 0 Å². The molecule has 0 aromatic heterocycles. The molecule has 0 saturated heterocycles. The smallest absolute Gasteiger partial charge is 0.138 e. The van der Waals surface area contributed by atoms with E-state index in [1.54, 1.807) is 0 Å². The quantitative estimate of drug-likeness (QED) is 0.757. The van der Waals surface area contributed by atoms with Crippen LogP contribution in [0.5, 0.6) is 0 Å². The average molecular weight is 264 g/mol. The first-order valence-electron chi connectivity index (χ1n) is 6.90. The number of aliphatic hydroxyl groups is 2. The Labute approximate surface area is 115 Å². The van der Waals surface area contributed by atoms with E-state index in [9.17, 15) is 15.0 Å². The molecule has 19 heavy (non-hydrogen) atoms. The molecule has 1 aromatic rings. The van der Waals surface area contributed by atoms with E-state index in [0.29, 0.717) is 6.42 Å². The summed E-state index contributed by atoms with van der Waals surface area (Å²) < 4.78 is 0. The van der Waals surface area contributed by atoms with Crippen molar-refractivity contribution in [2.24, 2.45) is 5.92 Å². The number of Topliss-reactive ketones (excluding diaryl/α,β-unsaturated/α-hetero) is 1. The van der Waals surface area contributed by atoms with Gasteiger partial charge in [0.1, 0.15) is 5.78 Å². The average Bonchev–Trinajstić information content (AvgIpc) is 2.37. The zero-order chi connectivity index (χ0) is 14.3. The van der Waals surface area contributed by atoms with Crippen molar-refractivity contribution >= 4 is 5.78 Å². The summed E-state index contributed by atoms with van der Waals surface area (Å²) >= 11 is 0. The summed E-state index contributed by atoms with van der Waals surface area (Å²) in [5, 5.41) is 19.4. The zero-order valence-electron chi connectivity index (χ0n) is 11.7. The molecule has 0 saturated carbocycles. The molecule has 0 unspecified atom stereocenters. The predicted molar refractivity (Wildman–Crippen MR) is 75.9 cm³/mol. The molecule has 0 radical (unpaired) electrons. The summed E-state index contributed by atoms with van der Waals surface area (Å²) in [5.74, 6) is 0.00664. The molecule has 0 fully saturated rings. The maximum absolute atomic E-state index is 11.7. The molecule has 0 amide bonds. The Morgan fingerprint density at radius 3 is 2.32 bits per heavy atom. The summed E-state index contributed by atoms with van der Waals surface area (Å²) in [4.78, 5) is 11.7. The Bertz CT molecular complexity index is 373. The van der Waals surface area contributed by atoms with E-state index in [1.165, 1.54) is 0 Å². The van der Waals surface area contributed by atoms with Gasteiger partial charge in [-0.25, -0.2) is 0 Å². The SMILES string of the molecule is CC(C)[C@@H](O)CC(=O)C[C@H](O)CCc1ccccc1. The van der Waals surface area contributed by atoms with Gasteiger partial charge < -0.3 is 10.2 Å². The van der Waals surface area contributed by atoms with E-state index in [0.717, 1.165) is 12.0 Å². The first kappa shape index (κ1) is 15.9. The van der Waals surface area contributed by atoms with Gasteiger partial charge in [-0.2, -0.15) is 0 Å². The van der Waals surface area contributed by atoms with Crippen molar-refractivity contribution in [1.29, 1.82) is 0 Å². The number of carbonyl (C=O) groups is 1. The molecule has 2 N–H and O–H groups in total. The van der Waals surface area contributed by atoms with Crippen LogP contribution in [0.3, 0.4) is 0 Å². The van der Waals surface area contributed by atoms with Crippen LogP contribution in [0.15, 0.2) is 30.3 Å². The lowest BCUT2D eigenvalue weighted by Gasteiger charge is -2.15. The van der Waals surface area contributed by atoms with Crippen LogP contribution < -0.4 is 0 Å². The number of aliphatic hydroxyl groups excluding tert-OH is 2. The third-order valence-electron chi connectivity index (χ3n) is 3.28. The second kappa shape index (κ2) is 8.08. The monoisotopic (exact) mass is 264 g/mol. The van der Waals surface area contributed by atoms with Crippen molar-refractivity contribution < 1.29 is 15.0 Å². The number of hydrogen-bond acceptors (Lipinski definition) is 3. The first-order valence-corrected chi connectivity index (χ1v) is 6.90. The van der Waals surface area contributed by atoms with Gasteiger partial charge in [0.05, 0.1) is 12.2 Å². The van der Waals surface area contributed by atoms with Crippen LogP contribution in [-0.2, 0) is 11.2 Å². The van der Waals surface area contributed by atoms with Gasteiger partial charge in [-0.15, -0.1) is 0 Å². The second-order valence-electron chi connectivity index (χ2n) is 5.44. The third-order valence-corrected chi connectivity index (χ3v) is 3.28. The summed E-state index contributed by atoms with van der Waals surface area (Å²) in [7, 11) is 0. The maximum Gasteiger partial charge on any atom is 0.138 e. The number of benzene rings is 1. The van der Waals surface area contributed by atoms with Gasteiger partial charge in [0.15, 0.2) is 0 Å². The van der Waals surface area contributed by atoms with Crippen molar-refractivity contribution in [3.8, 4) is 0 Å². The van der Waals surface area contributed by atoms with Gasteiger partial charge >= 0.3 is 0 Å². The van der Waals surface area contributed by atoms with Crippen molar-refractivity contribution in [2.75, 3.05) is 0 Å². The minimum absolute atomic E-state index is 0.0678. The molecule has 0 aliphatic rings. The molecule has 2 atom stereocenters. The minimum Gasteiger partial charge on any atom is -0.393 e. The van der Waals surface area contributed by atoms with E-state index >= 15 is 0 Å². The van der Waals surface area contributed by atoms with E-state index in [1.807, 2.05) is 44.2 Å². The molecule has 0 spiro atoms.